The fraction of sp³-hybridized carbons (Fsp3) is 0.538. The first kappa shape index (κ1) is 12.3. The molecule has 1 aliphatic rings. The standard InChI is InChI=1S/C13H19FN2O/c1-2-11-9-17-7-6-16(11)8-10-4-3-5-12(14)13(10)15/h3-5,11H,2,6-9,15H2,1H3. The van der Waals surface area contributed by atoms with Crippen molar-refractivity contribution in [3.8, 4) is 0 Å². The van der Waals surface area contributed by atoms with E-state index in [1.165, 1.54) is 6.07 Å². The quantitative estimate of drug-likeness (QED) is 0.819. The van der Waals surface area contributed by atoms with Crippen LogP contribution in [0.25, 0.3) is 0 Å². The predicted octanol–water partition coefficient (Wildman–Crippen LogP) is 2.02. The summed E-state index contributed by atoms with van der Waals surface area (Å²) in [5.74, 6) is -0.330. The molecule has 0 spiro atoms. The van der Waals surface area contributed by atoms with Crippen LogP contribution in [-0.4, -0.2) is 30.7 Å². The van der Waals surface area contributed by atoms with Gasteiger partial charge in [-0.05, 0) is 18.1 Å². The molecule has 1 atom stereocenters. The second-order valence-corrected chi connectivity index (χ2v) is 4.42. The van der Waals surface area contributed by atoms with Crippen molar-refractivity contribution < 1.29 is 9.13 Å². The zero-order valence-electron chi connectivity index (χ0n) is 10.2. The summed E-state index contributed by atoms with van der Waals surface area (Å²) in [5, 5.41) is 0. The lowest BCUT2D eigenvalue weighted by Gasteiger charge is -2.35. The van der Waals surface area contributed by atoms with Gasteiger partial charge in [0, 0.05) is 19.1 Å². The molecule has 2 N–H and O–H groups in total. The zero-order chi connectivity index (χ0) is 12.3. The van der Waals surface area contributed by atoms with E-state index in [0.29, 0.717) is 12.6 Å². The van der Waals surface area contributed by atoms with Crippen molar-refractivity contribution in [2.75, 3.05) is 25.5 Å². The summed E-state index contributed by atoms with van der Waals surface area (Å²) in [7, 11) is 0. The Morgan fingerprint density at radius 2 is 2.35 bits per heavy atom. The van der Waals surface area contributed by atoms with Crippen molar-refractivity contribution in [1.29, 1.82) is 0 Å². The van der Waals surface area contributed by atoms with Crippen molar-refractivity contribution in [2.24, 2.45) is 0 Å². The van der Waals surface area contributed by atoms with E-state index in [-0.39, 0.29) is 11.5 Å². The molecule has 1 aromatic carbocycles. The van der Waals surface area contributed by atoms with Crippen LogP contribution >= 0.6 is 0 Å². The molecule has 94 valence electrons. The summed E-state index contributed by atoms with van der Waals surface area (Å²) in [4.78, 5) is 2.31. The van der Waals surface area contributed by atoms with E-state index < -0.39 is 0 Å². The molecule has 1 fully saturated rings. The van der Waals surface area contributed by atoms with Gasteiger partial charge >= 0.3 is 0 Å². The van der Waals surface area contributed by atoms with Crippen LogP contribution in [0.5, 0.6) is 0 Å². The first-order chi connectivity index (χ1) is 8.22. The fourth-order valence-corrected chi connectivity index (χ4v) is 2.21. The lowest BCUT2D eigenvalue weighted by Crippen LogP contribution is -2.44. The average molecular weight is 238 g/mol. The minimum absolute atomic E-state index is 0.272. The van der Waals surface area contributed by atoms with Crippen molar-refractivity contribution in [2.45, 2.75) is 25.9 Å². The average Bonchev–Trinajstić information content (AvgIpc) is 2.35. The number of halogens is 1. The molecule has 0 bridgehead atoms. The number of nitrogens with zero attached hydrogens (tertiary/aromatic N) is 1. The Kier molecular flexibility index (Phi) is 3.97. The molecule has 1 aromatic rings. The van der Waals surface area contributed by atoms with E-state index in [2.05, 4.69) is 11.8 Å². The van der Waals surface area contributed by atoms with Gasteiger partial charge in [-0.1, -0.05) is 19.1 Å². The van der Waals surface area contributed by atoms with Gasteiger partial charge < -0.3 is 10.5 Å². The highest BCUT2D eigenvalue weighted by Crippen LogP contribution is 2.20. The van der Waals surface area contributed by atoms with Crippen molar-refractivity contribution in [3.05, 3.63) is 29.6 Å². The second kappa shape index (κ2) is 5.47. The number of para-hydroxylation sites is 1. The number of hydrogen-bond acceptors (Lipinski definition) is 3. The van der Waals surface area contributed by atoms with Gasteiger partial charge in [0.15, 0.2) is 0 Å². The maximum absolute atomic E-state index is 13.3. The maximum atomic E-state index is 13.3. The van der Waals surface area contributed by atoms with E-state index in [0.717, 1.165) is 31.7 Å². The molecule has 0 aliphatic carbocycles. The van der Waals surface area contributed by atoms with Crippen molar-refractivity contribution in [1.82, 2.24) is 4.90 Å². The Bertz CT molecular complexity index is 384. The predicted molar refractivity (Wildman–Crippen MR) is 66.1 cm³/mol. The van der Waals surface area contributed by atoms with Gasteiger partial charge in [0.2, 0.25) is 0 Å². The lowest BCUT2D eigenvalue weighted by atomic mass is 10.1. The van der Waals surface area contributed by atoms with Gasteiger partial charge in [0.25, 0.3) is 0 Å². The Morgan fingerprint density at radius 1 is 1.53 bits per heavy atom. The first-order valence-corrected chi connectivity index (χ1v) is 6.07. The van der Waals surface area contributed by atoms with Crippen LogP contribution in [0.1, 0.15) is 18.9 Å². The third-order valence-corrected chi connectivity index (χ3v) is 3.34. The Balaban J connectivity index is 2.11. The maximum Gasteiger partial charge on any atom is 0.146 e. The largest absolute Gasteiger partial charge is 0.396 e. The summed E-state index contributed by atoms with van der Waals surface area (Å²) >= 11 is 0. The molecular formula is C13H19FN2O. The highest BCUT2D eigenvalue weighted by molar-refractivity contribution is 5.47. The van der Waals surface area contributed by atoms with E-state index in [1.54, 1.807) is 6.07 Å². The summed E-state index contributed by atoms with van der Waals surface area (Å²) in [6.45, 7) is 5.22. The third-order valence-electron chi connectivity index (χ3n) is 3.34. The van der Waals surface area contributed by atoms with Crippen LogP contribution in [0.2, 0.25) is 0 Å². The van der Waals surface area contributed by atoms with E-state index in [1.807, 2.05) is 6.07 Å². The first-order valence-electron chi connectivity index (χ1n) is 6.07. The summed E-state index contributed by atoms with van der Waals surface area (Å²) in [6.07, 6.45) is 1.04. The lowest BCUT2D eigenvalue weighted by molar-refractivity contribution is -0.0126. The summed E-state index contributed by atoms with van der Waals surface area (Å²) in [6, 6.07) is 5.41. The van der Waals surface area contributed by atoms with Crippen LogP contribution in [-0.2, 0) is 11.3 Å². The van der Waals surface area contributed by atoms with Gasteiger partial charge in [-0.15, -0.1) is 0 Å². The molecule has 1 aliphatic heterocycles. The van der Waals surface area contributed by atoms with Gasteiger partial charge in [-0.3, -0.25) is 4.90 Å². The smallest absolute Gasteiger partial charge is 0.146 e. The molecule has 17 heavy (non-hydrogen) atoms. The van der Waals surface area contributed by atoms with E-state index >= 15 is 0 Å². The molecule has 1 heterocycles. The zero-order valence-corrected chi connectivity index (χ0v) is 10.2. The number of anilines is 1. The summed E-state index contributed by atoms with van der Waals surface area (Å²) in [5.41, 5.74) is 6.89. The third kappa shape index (κ3) is 2.76. The number of nitrogen functional groups attached to an aromatic ring is 1. The molecule has 0 aromatic heterocycles. The SMILES string of the molecule is CCC1COCCN1Cc1cccc(F)c1N. The fourth-order valence-electron chi connectivity index (χ4n) is 2.21. The molecule has 3 nitrogen and oxygen atoms in total. The molecular weight excluding hydrogens is 219 g/mol. The van der Waals surface area contributed by atoms with Crippen LogP contribution < -0.4 is 5.73 Å². The minimum atomic E-state index is -0.330. The molecule has 4 heteroatoms. The van der Waals surface area contributed by atoms with Crippen LogP contribution in [0.3, 0.4) is 0 Å². The van der Waals surface area contributed by atoms with Gasteiger partial charge in [-0.25, -0.2) is 4.39 Å². The second-order valence-electron chi connectivity index (χ2n) is 4.42. The van der Waals surface area contributed by atoms with Gasteiger partial charge in [0.05, 0.1) is 18.9 Å². The molecule has 0 amide bonds. The van der Waals surface area contributed by atoms with Crippen LogP contribution in [0.15, 0.2) is 18.2 Å². The number of nitrogens with two attached hydrogens (primary N) is 1. The normalized spacial score (nSPS) is 21.6. The molecule has 0 saturated carbocycles. The number of benzene rings is 1. The van der Waals surface area contributed by atoms with Crippen molar-refractivity contribution >= 4 is 5.69 Å². The molecule has 2 rings (SSSR count). The highest BCUT2D eigenvalue weighted by Gasteiger charge is 2.22. The molecule has 1 saturated heterocycles. The topological polar surface area (TPSA) is 38.5 Å². The van der Waals surface area contributed by atoms with E-state index in [4.69, 9.17) is 10.5 Å². The Morgan fingerprint density at radius 3 is 3.12 bits per heavy atom. The van der Waals surface area contributed by atoms with Crippen LogP contribution in [0.4, 0.5) is 10.1 Å². The summed E-state index contributed by atoms with van der Waals surface area (Å²) < 4.78 is 18.8. The number of ether oxygens (including phenoxy) is 1. The minimum Gasteiger partial charge on any atom is -0.396 e. The highest BCUT2D eigenvalue weighted by atomic mass is 19.1. The van der Waals surface area contributed by atoms with E-state index in [9.17, 15) is 4.39 Å². The van der Waals surface area contributed by atoms with Gasteiger partial charge in [-0.2, -0.15) is 0 Å². The number of hydrogen-bond donors (Lipinski definition) is 1. The molecule has 0 radical (unpaired) electrons. The van der Waals surface area contributed by atoms with Crippen LogP contribution in [0, 0.1) is 5.82 Å². The Hall–Kier alpha value is -1.13. The number of morpholine rings is 1. The monoisotopic (exact) mass is 238 g/mol. The Labute approximate surface area is 101 Å². The number of rotatable bonds is 3. The molecule has 1 unspecified atom stereocenters. The van der Waals surface area contributed by atoms with Crippen molar-refractivity contribution in [3.63, 3.8) is 0 Å². The van der Waals surface area contributed by atoms with Gasteiger partial charge in [0.1, 0.15) is 5.82 Å².